The van der Waals surface area contributed by atoms with Gasteiger partial charge in [-0.3, -0.25) is 14.6 Å². The third-order valence-electron chi connectivity index (χ3n) is 5.54. The maximum atomic E-state index is 13.3. The molecule has 170 valence electrons. The van der Waals surface area contributed by atoms with Crippen LogP contribution < -0.4 is 24.6 Å². The van der Waals surface area contributed by atoms with E-state index in [1.54, 1.807) is 28.6 Å². The van der Waals surface area contributed by atoms with E-state index in [-0.39, 0.29) is 24.7 Å². The quantitative estimate of drug-likeness (QED) is 0.435. The summed E-state index contributed by atoms with van der Waals surface area (Å²) in [5.41, 5.74) is 1.94. The van der Waals surface area contributed by atoms with Crippen LogP contribution in [0.4, 0.5) is 5.69 Å². The molecule has 1 atom stereocenters. The number of H-pyrrole nitrogens is 1. The van der Waals surface area contributed by atoms with Crippen molar-refractivity contribution in [3.05, 3.63) is 57.3 Å². The number of para-hydroxylation sites is 1. The normalized spacial score (nSPS) is 15.8. The molecule has 3 aromatic rings. The number of aromatic nitrogens is 3. The van der Waals surface area contributed by atoms with E-state index in [0.29, 0.717) is 44.2 Å². The topological polar surface area (TPSA) is 88.4 Å². The number of hydrogen-bond donors (Lipinski definition) is 1. The lowest BCUT2D eigenvalue weighted by atomic mass is 10.0. The molecule has 0 saturated carbocycles. The van der Waals surface area contributed by atoms with E-state index < -0.39 is 6.17 Å². The molecule has 0 spiro atoms. The molecule has 1 aromatic heterocycles. The number of ether oxygens (including phenoxy) is 2. The van der Waals surface area contributed by atoms with Crippen molar-refractivity contribution in [2.45, 2.75) is 38.0 Å². The molecule has 2 aliphatic heterocycles. The molecule has 0 fully saturated rings. The van der Waals surface area contributed by atoms with Crippen molar-refractivity contribution >= 4 is 35.0 Å². The molecule has 0 unspecified atom stereocenters. The average molecular weight is 486 g/mol. The first-order valence-electron chi connectivity index (χ1n) is 10.7. The highest BCUT2D eigenvalue weighted by molar-refractivity contribution is 7.99. The second-order valence-electron chi connectivity index (χ2n) is 7.64. The number of anilines is 1. The summed E-state index contributed by atoms with van der Waals surface area (Å²) in [5, 5.41) is 5.64. The predicted octanol–water partition coefficient (Wildman–Crippen LogP) is 3.91. The molecular formula is C23H22ClN4O4S+. The zero-order valence-electron chi connectivity index (χ0n) is 18.1. The summed E-state index contributed by atoms with van der Waals surface area (Å²) < 4.78 is 12.6. The minimum atomic E-state index is -0.771. The number of fused-ring (bicyclic) bond motifs is 4. The van der Waals surface area contributed by atoms with E-state index in [4.69, 9.17) is 26.2 Å². The molecule has 5 rings (SSSR count). The summed E-state index contributed by atoms with van der Waals surface area (Å²) in [5.74, 6) is 1.75. The third kappa shape index (κ3) is 3.65. The third-order valence-corrected chi connectivity index (χ3v) is 6.94. The van der Waals surface area contributed by atoms with Crippen LogP contribution in [-0.4, -0.2) is 28.5 Å². The Kier molecular flexibility index (Phi) is 5.76. The van der Waals surface area contributed by atoms with Gasteiger partial charge in [-0.25, -0.2) is 4.90 Å². The van der Waals surface area contributed by atoms with Crippen LogP contribution in [0.15, 0.2) is 46.3 Å². The first kappa shape index (κ1) is 21.8. The van der Waals surface area contributed by atoms with E-state index in [1.807, 2.05) is 24.3 Å². The van der Waals surface area contributed by atoms with Gasteiger partial charge in [0.05, 0.1) is 21.8 Å². The molecule has 0 bridgehead atoms. The lowest BCUT2D eigenvalue weighted by Gasteiger charge is -2.32. The monoisotopic (exact) mass is 485 g/mol. The summed E-state index contributed by atoms with van der Waals surface area (Å²) in [6.45, 7) is 3.96. The van der Waals surface area contributed by atoms with Gasteiger partial charge >= 0.3 is 11.3 Å². The van der Waals surface area contributed by atoms with Gasteiger partial charge in [-0.1, -0.05) is 49.3 Å². The van der Waals surface area contributed by atoms with Gasteiger partial charge in [-0.2, -0.15) is 0 Å². The maximum absolute atomic E-state index is 13.3. The Bertz CT molecular complexity index is 1310. The Morgan fingerprint density at radius 2 is 2.03 bits per heavy atom. The number of benzene rings is 2. The van der Waals surface area contributed by atoms with E-state index >= 15 is 0 Å². The van der Waals surface area contributed by atoms with E-state index in [1.165, 1.54) is 11.8 Å². The van der Waals surface area contributed by atoms with Crippen LogP contribution in [0.25, 0.3) is 11.3 Å². The molecule has 10 heteroatoms. The molecule has 3 heterocycles. The molecule has 8 nitrogen and oxygen atoms in total. The van der Waals surface area contributed by atoms with Crippen molar-refractivity contribution < 1.29 is 19.0 Å². The van der Waals surface area contributed by atoms with Crippen LogP contribution in [0, 0.1) is 0 Å². The number of aromatic amines is 1. The molecule has 33 heavy (non-hydrogen) atoms. The molecule has 0 saturated heterocycles. The lowest BCUT2D eigenvalue weighted by molar-refractivity contribution is -0.763. The first-order valence-corrected chi connectivity index (χ1v) is 12.1. The lowest BCUT2D eigenvalue weighted by Crippen LogP contribution is -2.61. The Hall–Kier alpha value is -3.04. The number of nitrogens with one attached hydrogen (secondary N) is 1. The Morgan fingerprint density at radius 3 is 2.79 bits per heavy atom. The fourth-order valence-electron chi connectivity index (χ4n) is 4.09. The van der Waals surface area contributed by atoms with Crippen LogP contribution in [0.5, 0.6) is 11.5 Å². The van der Waals surface area contributed by atoms with Crippen LogP contribution in [0.2, 0.25) is 5.02 Å². The van der Waals surface area contributed by atoms with Crippen LogP contribution in [0.1, 0.15) is 38.4 Å². The van der Waals surface area contributed by atoms with Gasteiger partial charge in [0.15, 0.2) is 11.5 Å². The number of carbonyl (C=O) groups excluding carboxylic acids is 1. The van der Waals surface area contributed by atoms with Crippen LogP contribution >= 0.6 is 23.4 Å². The number of rotatable bonds is 5. The van der Waals surface area contributed by atoms with Crippen molar-refractivity contribution in [1.82, 2.24) is 10.1 Å². The van der Waals surface area contributed by atoms with E-state index in [2.05, 4.69) is 11.9 Å². The number of carbonyl (C=O) groups is 1. The van der Waals surface area contributed by atoms with Crippen LogP contribution in [0.3, 0.4) is 0 Å². The second kappa shape index (κ2) is 8.72. The fraction of sp³-hybridized carbons (Fsp3) is 0.304. The minimum absolute atomic E-state index is 0.0969. The smallest absolute Gasteiger partial charge is 0.325 e. The Labute approximate surface area is 199 Å². The van der Waals surface area contributed by atoms with Gasteiger partial charge in [0.25, 0.3) is 6.17 Å². The van der Waals surface area contributed by atoms with Gasteiger partial charge in [-0.15, -0.1) is 0 Å². The van der Waals surface area contributed by atoms with Gasteiger partial charge in [0, 0.05) is 23.3 Å². The summed E-state index contributed by atoms with van der Waals surface area (Å²) in [6.07, 6.45) is 0.424. The van der Waals surface area contributed by atoms with Crippen LogP contribution in [-0.2, 0) is 4.79 Å². The average Bonchev–Trinajstić information content (AvgIpc) is 3.27. The van der Waals surface area contributed by atoms with Gasteiger partial charge < -0.3 is 9.47 Å². The molecule has 2 aromatic carbocycles. The summed E-state index contributed by atoms with van der Waals surface area (Å²) in [4.78, 5) is 31.2. The van der Waals surface area contributed by atoms with Gasteiger partial charge in [0.1, 0.15) is 0 Å². The minimum Gasteiger partial charge on any atom is -0.454 e. The standard InChI is InChI=1S/C23H21ClN4O4S/c1-3-9-33-23-25-21(30)20-13-7-5-6-8-16(13)27(19(29)4-2)22(28(20)26-23)14-10-17-18(11-15(14)24)32-12-31-17/h5-8,10-11,22H,3-4,9,12H2,1-2H3/p+1/t22-/m0/s1. The fourth-order valence-corrected chi connectivity index (χ4v) is 5.05. The summed E-state index contributed by atoms with van der Waals surface area (Å²) in [6, 6.07) is 10.8. The Morgan fingerprint density at radius 1 is 1.27 bits per heavy atom. The number of nitrogens with zero attached hydrogens (tertiary/aromatic N) is 3. The summed E-state index contributed by atoms with van der Waals surface area (Å²) in [7, 11) is 0. The second-order valence-corrected chi connectivity index (χ2v) is 9.13. The van der Waals surface area contributed by atoms with Gasteiger partial charge in [0.2, 0.25) is 17.9 Å². The van der Waals surface area contributed by atoms with E-state index in [9.17, 15) is 9.59 Å². The first-order chi connectivity index (χ1) is 16.0. The number of amides is 1. The molecular weight excluding hydrogens is 464 g/mol. The Balaban J connectivity index is 1.81. The maximum Gasteiger partial charge on any atom is 0.325 e. The van der Waals surface area contributed by atoms with Crippen molar-refractivity contribution in [3.63, 3.8) is 0 Å². The van der Waals surface area contributed by atoms with Crippen molar-refractivity contribution in [3.8, 4) is 22.8 Å². The molecule has 0 aliphatic carbocycles. The zero-order chi connectivity index (χ0) is 23.1. The number of thioether (sulfide) groups is 1. The largest absolute Gasteiger partial charge is 0.454 e. The number of hydrogen-bond acceptors (Lipinski definition) is 6. The zero-order valence-corrected chi connectivity index (χ0v) is 19.7. The van der Waals surface area contributed by atoms with Crippen molar-refractivity contribution in [2.75, 3.05) is 17.4 Å². The van der Waals surface area contributed by atoms with E-state index in [0.717, 1.165) is 12.2 Å². The van der Waals surface area contributed by atoms with Crippen molar-refractivity contribution in [1.29, 1.82) is 0 Å². The highest BCUT2D eigenvalue weighted by atomic mass is 35.5. The highest BCUT2D eigenvalue weighted by Crippen LogP contribution is 2.43. The summed E-state index contributed by atoms with van der Waals surface area (Å²) >= 11 is 8.16. The van der Waals surface area contributed by atoms with Gasteiger partial charge in [-0.05, 0) is 29.3 Å². The SMILES string of the molecule is CCCSc1n[n+]2c(c(=O)[nH]1)-c1ccccc1N(C(=O)CC)[C@@H]2c1cc2c(cc1Cl)OCO2. The molecule has 1 amide bonds. The molecule has 0 radical (unpaired) electrons. The highest BCUT2D eigenvalue weighted by Gasteiger charge is 2.46. The van der Waals surface area contributed by atoms with Crippen molar-refractivity contribution in [2.24, 2.45) is 0 Å². The molecule has 2 aliphatic rings. The predicted molar refractivity (Wildman–Crippen MR) is 125 cm³/mol. The molecule has 1 N–H and O–H groups in total. The number of halogens is 1.